The van der Waals surface area contributed by atoms with Gasteiger partial charge < -0.3 is 10.6 Å². The molecule has 2 atom stereocenters. The third-order valence-electron chi connectivity index (χ3n) is 5.54. The fourth-order valence-electron chi connectivity index (χ4n) is 3.75. The predicted octanol–water partition coefficient (Wildman–Crippen LogP) is 5.29. The van der Waals surface area contributed by atoms with Gasteiger partial charge in [-0.3, -0.25) is 9.78 Å². The molecule has 9 heteroatoms. The number of hydrogen-bond acceptors (Lipinski definition) is 3. The molecule has 2 N–H and O–H groups in total. The maximum Gasteiger partial charge on any atom is 0.433 e. The van der Waals surface area contributed by atoms with Gasteiger partial charge in [-0.1, -0.05) is 30.3 Å². The molecule has 180 valence electrons. The lowest BCUT2D eigenvalue weighted by molar-refractivity contribution is -0.141. The van der Waals surface area contributed by atoms with E-state index in [2.05, 4.69) is 15.6 Å². The lowest BCUT2D eigenvalue weighted by Crippen LogP contribution is -2.36. The lowest BCUT2D eigenvalue weighted by atomic mass is 9.88. The van der Waals surface area contributed by atoms with Crippen molar-refractivity contribution in [3.63, 3.8) is 0 Å². The van der Waals surface area contributed by atoms with Gasteiger partial charge in [-0.15, -0.1) is 0 Å². The molecule has 1 amide bonds. The van der Waals surface area contributed by atoms with Crippen molar-refractivity contribution in [1.82, 2.24) is 15.6 Å². The van der Waals surface area contributed by atoms with Gasteiger partial charge in [0.25, 0.3) is 0 Å². The summed E-state index contributed by atoms with van der Waals surface area (Å²) in [5, 5.41) is 5.63. The number of benzene rings is 2. The number of nitrogens with zero attached hydrogens (tertiary/aromatic N) is 1. The van der Waals surface area contributed by atoms with Crippen LogP contribution in [0.5, 0.6) is 0 Å². The number of carbonyl (C=O) groups excluding carboxylic acids is 1. The maximum atomic E-state index is 13.8. The Morgan fingerprint density at radius 1 is 1.00 bits per heavy atom. The molecular formula is C25H24F5N3O. The van der Waals surface area contributed by atoms with Crippen molar-refractivity contribution >= 4 is 5.91 Å². The molecule has 3 rings (SSSR count). The Hall–Kier alpha value is -3.33. The summed E-state index contributed by atoms with van der Waals surface area (Å²) in [6.07, 6.45) is -3.04. The van der Waals surface area contributed by atoms with Crippen LogP contribution in [0.2, 0.25) is 0 Å². The minimum Gasteiger partial charge on any atom is -0.358 e. The van der Waals surface area contributed by atoms with Gasteiger partial charge in [0.15, 0.2) is 0 Å². The molecule has 0 aliphatic heterocycles. The van der Waals surface area contributed by atoms with Crippen molar-refractivity contribution in [2.45, 2.75) is 31.5 Å². The number of aryl methyl sites for hydroxylation is 1. The highest BCUT2D eigenvalue weighted by molar-refractivity contribution is 5.82. The minimum atomic E-state index is -4.56. The molecule has 34 heavy (non-hydrogen) atoms. The van der Waals surface area contributed by atoms with Gasteiger partial charge in [-0.2, -0.15) is 13.2 Å². The second kappa shape index (κ2) is 10.7. The third kappa shape index (κ3) is 6.17. The fraction of sp³-hybridized carbons (Fsp3) is 0.280. The van der Waals surface area contributed by atoms with Crippen LogP contribution < -0.4 is 10.6 Å². The summed E-state index contributed by atoms with van der Waals surface area (Å²) < 4.78 is 66.4. The van der Waals surface area contributed by atoms with Gasteiger partial charge in [0.05, 0.1) is 0 Å². The molecule has 2 aromatic carbocycles. The standard InChI is InChI=1S/C25H24F5N3O/c1-15-12-16(6-8-21(15)27)20(18-7-9-22(33-14-18)25(28,29)30)10-11-32-23(24(34)31-2)17-4-3-5-19(26)13-17/h3-9,12-14,20,23,32H,10-11H2,1-2H3,(H,31,34)/t20-,23+/m1/s1. The topological polar surface area (TPSA) is 54.0 Å². The van der Waals surface area contributed by atoms with Crippen molar-refractivity contribution in [2.24, 2.45) is 0 Å². The number of aromatic nitrogens is 1. The van der Waals surface area contributed by atoms with Gasteiger partial charge in [0, 0.05) is 19.2 Å². The average molecular weight is 477 g/mol. The molecule has 3 aromatic rings. The van der Waals surface area contributed by atoms with E-state index in [1.165, 1.54) is 37.4 Å². The highest BCUT2D eigenvalue weighted by atomic mass is 19.4. The van der Waals surface area contributed by atoms with Crippen molar-refractivity contribution in [3.8, 4) is 0 Å². The molecule has 1 heterocycles. The Balaban J connectivity index is 1.86. The third-order valence-corrected chi connectivity index (χ3v) is 5.54. The molecule has 0 unspecified atom stereocenters. The van der Waals surface area contributed by atoms with Crippen molar-refractivity contribution in [2.75, 3.05) is 13.6 Å². The Bertz CT molecular complexity index is 1130. The zero-order chi connectivity index (χ0) is 24.9. The Kier molecular flexibility index (Phi) is 7.98. The number of nitrogens with one attached hydrogen (secondary N) is 2. The molecule has 0 bridgehead atoms. The first-order valence-electron chi connectivity index (χ1n) is 10.6. The van der Waals surface area contributed by atoms with Crippen molar-refractivity contribution in [1.29, 1.82) is 0 Å². The van der Waals surface area contributed by atoms with E-state index in [1.807, 2.05) is 0 Å². The molecule has 0 radical (unpaired) electrons. The lowest BCUT2D eigenvalue weighted by Gasteiger charge is -2.22. The zero-order valence-corrected chi connectivity index (χ0v) is 18.6. The van der Waals surface area contributed by atoms with Crippen LogP contribution in [0.3, 0.4) is 0 Å². The Morgan fingerprint density at radius 2 is 1.74 bits per heavy atom. The molecule has 0 saturated carbocycles. The van der Waals surface area contributed by atoms with Crippen LogP contribution in [0, 0.1) is 18.6 Å². The molecule has 0 fully saturated rings. The smallest absolute Gasteiger partial charge is 0.358 e. The SMILES string of the molecule is CNC(=O)[C@@H](NCC[C@@H](c1ccc(C(F)(F)F)nc1)c1ccc(F)c(C)c1)c1cccc(F)c1. The number of rotatable bonds is 8. The van der Waals surface area contributed by atoms with Crippen molar-refractivity contribution in [3.05, 3.63) is 100 Å². The number of hydrogen-bond donors (Lipinski definition) is 2. The van der Waals surface area contributed by atoms with E-state index in [0.717, 1.165) is 12.3 Å². The van der Waals surface area contributed by atoms with E-state index in [1.54, 1.807) is 25.1 Å². The number of alkyl halides is 3. The molecular weight excluding hydrogens is 453 g/mol. The van der Waals surface area contributed by atoms with Gasteiger partial charge >= 0.3 is 6.18 Å². The van der Waals surface area contributed by atoms with Gasteiger partial charge in [0.1, 0.15) is 23.4 Å². The van der Waals surface area contributed by atoms with Crippen LogP contribution in [0.25, 0.3) is 0 Å². The second-order valence-corrected chi connectivity index (χ2v) is 7.88. The van der Waals surface area contributed by atoms with E-state index in [0.29, 0.717) is 28.7 Å². The average Bonchev–Trinajstić information content (AvgIpc) is 2.80. The summed E-state index contributed by atoms with van der Waals surface area (Å²) in [6.45, 7) is 1.86. The summed E-state index contributed by atoms with van der Waals surface area (Å²) in [5.41, 5.74) is 1.05. The van der Waals surface area contributed by atoms with Crippen LogP contribution in [0.15, 0.2) is 60.8 Å². The second-order valence-electron chi connectivity index (χ2n) is 7.88. The molecule has 0 aliphatic rings. The number of amides is 1. The maximum absolute atomic E-state index is 13.8. The van der Waals surface area contributed by atoms with Gasteiger partial charge in [0.2, 0.25) is 5.91 Å². The first kappa shape index (κ1) is 25.3. The molecule has 0 aliphatic carbocycles. The largest absolute Gasteiger partial charge is 0.433 e. The fourth-order valence-corrected chi connectivity index (χ4v) is 3.75. The van der Waals surface area contributed by atoms with Gasteiger partial charge in [-0.05, 0) is 66.4 Å². The summed E-state index contributed by atoms with van der Waals surface area (Å²) in [5.74, 6) is -1.66. The van der Waals surface area contributed by atoms with E-state index in [-0.39, 0.29) is 12.5 Å². The van der Waals surface area contributed by atoms with Crippen LogP contribution in [0.1, 0.15) is 46.3 Å². The summed E-state index contributed by atoms with van der Waals surface area (Å²) in [6, 6.07) is 11.6. The normalized spacial score (nSPS) is 13.4. The molecule has 0 saturated heterocycles. The van der Waals surface area contributed by atoms with E-state index in [9.17, 15) is 26.7 Å². The first-order chi connectivity index (χ1) is 16.1. The van der Waals surface area contributed by atoms with E-state index in [4.69, 9.17) is 0 Å². The first-order valence-corrected chi connectivity index (χ1v) is 10.6. The van der Waals surface area contributed by atoms with Gasteiger partial charge in [-0.25, -0.2) is 8.78 Å². The van der Waals surface area contributed by atoms with Crippen LogP contribution in [-0.2, 0) is 11.0 Å². The number of likely N-dealkylation sites (N-methyl/N-ethyl adjacent to an activating group) is 1. The highest BCUT2D eigenvalue weighted by Gasteiger charge is 2.32. The minimum absolute atomic E-state index is 0.261. The summed E-state index contributed by atoms with van der Waals surface area (Å²) >= 11 is 0. The summed E-state index contributed by atoms with van der Waals surface area (Å²) in [7, 11) is 1.47. The molecule has 0 spiro atoms. The van der Waals surface area contributed by atoms with Crippen LogP contribution in [-0.4, -0.2) is 24.5 Å². The summed E-state index contributed by atoms with van der Waals surface area (Å²) in [4.78, 5) is 16.0. The van der Waals surface area contributed by atoms with E-state index >= 15 is 0 Å². The monoisotopic (exact) mass is 477 g/mol. The van der Waals surface area contributed by atoms with Crippen LogP contribution >= 0.6 is 0 Å². The molecule has 4 nitrogen and oxygen atoms in total. The van der Waals surface area contributed by atoms with Crippen LogP contribution in [0.4, 0.5) is 22.0 Å². The number of halogens is 5. The quantitative estimate of drug-likeness (QED) is 0.434. The Morgan fingerprint density at radius 3 is 2.32 bits per heavy atom. The number of carbonyl (C=O) groups is 1. The van der Waals surface area contributed by atoms with Crippen molar-refractivity contribution < 1.29 is 26.7 Å². The number of pyridine rings is 1. The predicted molar refractivity (Wildman–Crippen MR) is 118 cm³/mol. The van der Waals surface area contributed by atoms with E-state index < -0.39 is 35.5 Å². The Labute approximate surface area is 194 Å². The highest BCUT2D eigenvalue weighted by Crippen LogP contribution is 2.32. The molecule has 1 aromatic heterocycles. The zero-order valence-electron chi connectivity index (χ0n) is 18.6.